The quantitative estimate of drug-likeness (QED) is 0.719. The fourth-order valence-corrected chi connectivity index (χ4v) is 2.59. The summed E-state index contributed by atoms with van der Waals surface area (Å²) in [5.74, 6) is 1.11. The van der Waals surface area contributed by atoms with E-state index in [2.05, 4.69) is 16.1 Å². The zero-order valence-corrected chi connectivity index (χ0v) is 11.7. The molecule has 0 aromatic carbocycles. The first-order valence-electron chi connectivity index (χ1n) is 7.08. The highest BCUT2D eigenvalue weighted by molar-refractivity contribution is 5.76. The Balaban J connectivity index is 1.72. The summed E-state index contributed by atoms with van der Waals surface area (Å²) in [6.45, 7) is 0.350. The molecule has 0 aliphatic carbocycles. The van der Waals surface area contributed by atoms with E-state index in [4.69, 9.17) is 6.42 Å². The molecule has 2 heterocycles. The first-order chi connectivity index (χ1) is 9.86. The van der Waals surface area contributed by atoms with Crippen molar-refractivity contribution >= 4 is 5.91 Å². The molecule has 1 fully saturated rings. The van der Waals surface area contributed by atoms with Crippen molar-refractivity contribution < 1.29 is 18.0 Å². The zero-order chi connectivity index (χ0) is 15.5. The number of hydrogen-bond acceptors (Lipinski definition) is 3. The molecule has 4 nitrogen and oxygen atoms in total. The molecule has 0 spiro atoms. The number of halogens is 3. The molecule has 2 rings (SSSR count). The molecular weight excluding hydrogens is 283 g/mol. The maximum atomic E-state index is 12.6. The lowest BCUT2D eigenvalue weighted by molar-refractivity contribution is -0.186. The third-order valence-electron chi connectivity index (χ3n) is 4.10. The van der Waals surface area contributed by atoms with Gasteiger partial charge in [0, 0.05) is 38.8 Å². The summed E-state index contributed by atoms with van der Waals surface area (Å²) in [5.41, 5.74) is -0.508. The van der Waals surface area contributed by atoms with Crippen molar-refractivity contribution in [3.63, 3.8) is 0 Å². The highest BCUT2D eigenvalue weighted by atomic mass is 19.4. The highest BCUT2D eigenvalue weighted by Gasteiger charge is 2.43. The van der Waals surface area contributed by atoms with Crippen LogP contribution in [-0.4, -0.2) is 35.7 Å². The molecule has 21 heavy (non-hydrogen) atoms. The fraction of sp³-hybridized carbons (Fsp3) is 0.786. The van der Waals surface area contributed by atoms with Gasteiger partial charge in [-0.25, -0.2) is 0 Å². The van der Waals surface area contributed by atoms with Crippen molar-refractivity contribution in [3.05, 3.63) is 0 Å². The minimum Gasteiger partial charge on any atom is -0.343 e. The van der Waals surface area contributed by atoms with Crippen LogP contribution < -0.4 is 0 Å². The molecule has 2 aliphatic heterocycles. The Labute approximate surface area is 121 Å². The number of likely N-dealkylation sites (tertiary alicyclic amines) is 1. The SMILES string of the molecule is C#CCCC1(CCC(=O)N2CCC(C(F)(F)F)CC2)N=N1. The van der Waals surface area contributed by atoms with Crippen LogP contribution in [-0.2, 0) is 4.79 Å². The van der Waals surface area contributed by atoms with E-state index < -0.39 is 17.8 Å². The Hall–Kier alpha value is -1.58. The van der Waals surface area contributed by atoms with Crippen LogP contribution >= 0.6 is 0 Å². The van der Waals surface area contributed by atoms with Crippen molar-refractivity contribution in [3.8, 4) is 12.3 Å². The zero-order valence-electron chi connectivity index (χ0n) is 11.7. The van der Waals surface area contributed by atoms with E-state index in [-0.39, 0.29) is 38.3 Å². The van der Waals surface area contributed by atoms with Gasteiger partial charge in [0.15, 0.2) is 5.66 Å². The Morgan fingerprint density at radius 3 is 2.38 bits per heavy atom. The molecule has 2 aliphatic rings. The van der Waals surface area contributed by atoms with E-state index >= 15 is 0 Å². The van der Waals surface area contributed by atoms with Gasteiger partial charge in [0.1, 0.15) is 0 Å². The highest BCUT2D eigenvalue weighted by Crippen LogP contribution is 2.38. The van der Waals surface area contributed by atoms with E-state index in [1.807, 2.05) is 0 Å². The van der Waals surface area contributed by atoms with E-state index in [9.17, 15) is 18.0 Å². The molecule has 7 heteroatoms. The average molecular weight is 301 g/mol. The minimum absolute atomic E-state index is 0.00771. The topological polar surface area (TPSA) is 45.0 Å². The molecule has 0 atom stereocenters. The molecule has 0 saturated carbocycles. The van der Waals surface area contributed by atoms with Gasteiger partial charge < -0.3 is 4.90 Å². The third kappa shape index (κ3) is 4.19. The van der Waals surface area contributed by atoms with Gasteiger partial charge in [-0.1, -0.05) is 0 Å². The van der Waals surface area contributed by atoms with Crippen LogP contribution in [0.2, 0.25) is 0 Å². The van der Waals surface area contributed by atoms with Gasteiger partial charge in [-0.05, 0) is 12.8 Å². The number of alkyl halides is 3. The number of rotatable bonds is 5. The number of carbonyl (C=O) groups excluding carboxylic acids is 1. The van der Waals surface area contributed by atoms with Gasteiger partial charge in [0.2, 0.25) is 5.91 Å². The summed E-state index contributed by atoms with van der Waals surface area (Å²) in [5, 5.41) is 7.89. The molecule has 0 N–H and O–H groups in total. The number of amides is 1. The number of piperidine rings is 1. The molecule has 1 saturated heterocycles. The van der Waals surface area contributed by atoms with Crippen molar-refractivity contribution in [2.75, 3.05) is 13.1 Å². The molecule has 0 aromatic rings. The molecular formula is C14H18F3N3O. The first kappa shape index (κ1) is 15.8. The second-order valence-electron chi connectivity index (χ2n) is 5.58. The number of hydrogen-bond donors (Lipinski definition) is 0. The second kappa shape index (κ2) is 6.04. The second-order valence-corrected chi connectivity index (χ2v) is 5.58. The van der Waals surface area contributed by atoms with Crippen LogP contribution in [0.1, 0.15) is 38.5 Å². The lowest BCUT2D eigenvalue weighted by Crippen LogP contribution is -2.42. The van der Waals surface area contributed by atoms with Crippen LogP contribution in [0.4, 0.5) is 13.2 Å². The van der Waals surface area contributed by atoms with Crippen molar-refractivity contribution in [2.24, 2.45) is 16.1 Å². The van der Waals surface area contributed by atoms with Gasteiger partial charge >= 0.3 is 6.18 Å². The van der Waals surface area contributed by atoms with Gasteiger partial charge in [-0.15, -0.1) is 12.3 Å². The monoisotopic (exact) mass is 301 g/mol. The lowest BCUT2D eigenvalue weighted by Gasteiger charge is -2.33. The van der Waals surface area contributed by atoms with E-state index in [0.29, 0.717) is 19.3 Å². The van der Waals surface area contributed by atoms with Crippen LogP contribution in [0.3, 0.4) is 0 Å². The summed E-state index contributed by atoms with van der Waals surface area (Å²) in [4.78, 5) is 13.5. The third-order valence-corrected chi connectivity index (χ3v) is 4.10. The van der Waals surface area contributed by atoms with E-state index in [1.165, 1.54) is 4.90 Å². The standard InChI is InChI=1S/C14H18F3N3O/c1-2-3-7-13(18-19-13)8-4-12(21)20-9-5-11(6-10-20)14(15,16)17/h1,11H,3-10H2. The maximum Gasteiger partial charge on any atom is 0.391 e. The van der Waals surface area contributed by atoms with Gasteiger partial charge in [0.05, 0.1) is 5.92 Å². The normalized spacial score (nSPS) is 21.1. The predicted molar refractivity (Wildman–Crippen MR) is 70.2 cm³/mol. The van der Waals surface area contributed by atoms with Crippen LogP contribution in [0.5, 0.6) is 0 Å². The Kier molecular flexibility index (Phi) is 4.55. The molecule has 0 radical (unpaired) electrons. The van der Waals surface area contributed by atoms with Crippen LogP contribution in [0.15, 0.2) is 10.2 Å². The molecule has 0 aromatic heterocycles. The predicted octanol–water partition coefficient (Wildman–Crippen LogP) is 3.14. The summed E-state index contributed by atoms with van der Waals surface area (Å²) in [7, 11) is 0. The summed E-state index contributed by atoms with van der Waals surface area (Å²) >= 11 is 0. The fourth-order valence-electron chi connectivity index (χ4n) is 2.59. The summed E-state index contributed by atoms with van der Waals surface area (Å²) < 4.78 is 37.7. The molecule has 0 unspecified atom stereocenters. The van der Waals surface area contributed by atoms with Gasteiger partial charge in [-0.2, -0.15) is 23.4 Å². The Morgan fingerprint density at radius 2 is 1.90 bits per heavy atom. The average Bonchev–Trinajstić information content (AvgIpc) is 3.22. The number of nitrogens with zero attached hydrogens (tertiary/aromatic N) is 3. The number of carbonyl (C=O) groups is 1. The molecule has 1 amide bonds. The largest absolute Gasteiger partial charge is 0.391 e. The Morgan fingerprint density at radius 1 is 1.29 bits per heavy atom. The molecule has 116 valence electrons. The number of terminal acetylenes is 1. The molecule has 0 bridgehead atoms. The van der Waals surface area contributed by atoms with Crippen LogP contribution in [0, 0.1) is 18.3 Å². The van der Waals surface area contributed by atoms with E-state index in [1.54, 1.807) is 0 Å². The smallest absolute Gasteiger partial charge is 0.343 e. The van der Waals surface area contributed by atoms with Crippen molar-refractivity contribution in [1.29, 1.82) is 0 Å². The lowest BCUT2D eigenvalue weighted by atomic mass is 9.95. The van der Waals surface area contributed by atoms with Crippen molar-refractivity contribution in [1.82, 2.24) is 4.90 Å². The van der Waals surface area contributed by atoms with Gasteiger partial charge in [0.25, 0.3) is 0 Å². The summed E-state index contributed by atoms with van der Waals surface area (Å²) in [6.07, 6.45) is 2.95. The first-order valence-corrected chi connectivity index (χ1v) is 7.08. The minimum atomic E-state index is -4.15. The Bertz CT molecular complexity index is 453. The van der Waals surface area contributed by atoms with E-state index in [0.717, 1.165) is 0 Å². The maximum absolute atomic E-state index is 12.6. The van der Waals surface area contributed by atoms with Gasteiger partial charge in [-0.3, -0.25) is 4.79 Å². The summed E-state index contributed by atoms with van der Waals surface area (Å²) in [6, 6.07) is 0. The van der Waals surface area contributed by atoms with Crippen LogP contribution in [0.25, 0.3) is 0 Å². The van der Waals surface area contributed by atoms with Crippen molar-refractivity contribution in [2.45, 2.75) is 50.4 Å².